The molecule has 1 atom stereocenters. The summed E-state index contributed by atoms with van der Waals surface area (Å²) < 4.78 is 43.3. The van der Waals surface area contributed by atoms with Crippen LogP contribution in [0.2, 0.25) is 0 Å². The lowest BCUT2D eigenvalue weighted by Gasteiger charge is -2.37. The van der Waals surface area contributed by atoms with Crippen LogP contribution in [0.25, 0.3) is 0 Å². The third-order valence-corrected chi connectivity index (χ3v) is 3.30. The van der Waals surface area contributed by atoms with E-state index in [1.54, 1.807) is 0 Å². The third-order valence-electron chi connectivity index (χ3n) is 3.30. The van der Waals surface area contributed by atoms with Gasteiger partial charge in [-0.2, -0.15) is 13.2 Å². The molecule has 0 aromatic rings. The summed E-state index contributed by atoms with van der Waals surface area (Å²) in [5, 5.41) is 22.8. The Hall–Kier alpha value is -1.06. The molecule has 1 fully saturated rings. The fraction of sp³-hybridized carbons (Fsp3) is 0.900. The fourth-order valence-corrected chi connectivity index (χ4v) is 1.93. The van der Waals surface area contributed by atoms with Crippen LogP contribution in [0, 0.1) is 5.92 Å². The van der Waals surface area contributed by atoms with Crippen LogP contribution in [0.3, 0.4) is 0 Å². The SMILES string of the molecule is NC(=NO)C(CNC1(CO)CCOCC1)C(F)(F)F. The van der Waals surface area contributed by atoms with E-state index in [0.29, 0.717) is 26.1 Å². The monoisotopic (exact) mass is 285 g/mol. The molecule has 112 valence electrons. The molecule has 5 N–H and O–H groups in total. The van der Waals surface area contributed by atoms with E-state index in [2.05, 4.69) is 10.5 Å². The van der Waals surface area contributed by atoms with Crippen LogP contribution in [-0.2, 0) is 4.74 Å². The molecule has 0 bridgehead atoms. The second-order valence-electron chi connectivity index (χ2n) is 4.55. The molecule has 19 heavy (non-hydrogen) atoms. The molecule has 0 aromatic heterocycles. The Morgan fingerprint density at radius 1 is 1.42 bits per heavy atom. The highest BCUT2D eigenvalue weighted by Crippen LogP contribution is 2.27. The summed E-state index contributed by atoms with van der Waals surface area (Å²) in [6, 6.07) is 0. The van der Waals surface area contributed by atoms with E-state index in [9.17, 15) is 18.3 Å². The zero-order valence-electron chi connectivity index (χ0n) is 10.3. The van der Waals surface area contributed by atoms with E-state index >= 15 is 0 Å². The van der Waals surface area contributed by atoms with Crippen molar-refractivity contribution in [3.63, 3.8) is 0 Å². The molecule has 1 heterocycles. The molecular formula is C10H18F3N3O3. The number of aliphatic hydroxyl groups is 1. The van der Waals surface area contributed by atoms with Gasteiger partial charge in [0.05, 0.1) is 6.61 Å². The molecule has 1 unspecified atom stereocenters. The molecular weight excluding hydrogens is 267 g/mol. The smallest absolute Gasteiger partial charge is 0.400 e. The number of ether oxygens (including phenoxy) is 1. The average molecular weight is 285 g/mol. The van der Waals surface area contributed by atoms with Crippen molar-refractivity contribution in [2.24, 2.45) is 16.8 Å². The Morgan fingerprint density at radius 3 is 2.42 bits per heavy atom. The first-order chi connectivity index (χ1) is 8.84. The number of rotatable bonds is 5. The van der Waals surface area contributed by atoms with Gasteiger partial charge in [0.2, 0.25) is 0 Å². The van der Waals surface area contributed by atoms with E-state index in [0.717, 1.165) is 0 Å². The lowest BCUT2D eigenvalue weighted by atomic mass is 9.90. The molecule has 0 spiro atoms. The average Bonchev–Trinajstić information content (AvgIpc) is 2.38. The largest absolute Gasteiger partial charge is 0.409 e. The van der Waals surface area contributed by atoms with Crippen LogP contribution >= 0.6 is 0 Å². The lowest BCUT2D eigenvalue weighted by molar-refractivity contribution is -0.156. The highest BCUT2D eigenvalue weighted by molar-refractivity contribution is 5.83. The number of nitrogens with zero attached hydrogens (tertiary/aromatic N) is 1. The highest BCUT2D eigenvalue weighted by Gasteiger charge is 2.44. The second-order valence-corrected chi connectivity index (χ2v) is 4.55. The number of aliphatic hydroxyl groups excluding tert-OH is 1. The molecule has 6 nitrogen and oxygen atoms in total. The van der Waals surface area contributed by atoms with Crippen molar-refractivity contribution in [2.75, 3.05) is 26.4 Å². The van der Waals surface area contributed by atoms with Crippen molar-refractivity contribution in [1.82, 2.24) is 5.32 Å². The van der Waals surface area contributed by atoms with Crippen molar-refractivity contribution in [2.45, 2.75) is 24.6 Å². The van der Waals surface area contributed by atoms with Crippen LogP contribution in [0.1, 0.15) is 12.8 Å². The number of oxime groups is 1. The molecule has 1 saturated heterocycles. The van der Waals surface area contributed by atoms with Gasteiger partial charge in [0.25, 0.3) is 0 Å². The molecule has 0 saturated carbocycles. The highest BCUT2D eigenvalue weighted by atomic mass is 19.4. The Bertz CT molecular complexity index is 317. The first-order valence-electron chi connectivity index (χ1n) is 5.82. The number of nitrogens with one attached hydrogen (secondary N) is 1. The summed E-state index contributed by atoms with van der Waals surface area (Å²) in [6.45, 7) is -0.112. The number of nitrogens with two attached hydrogens (primary N) is 1. The van der Waals surface area contributed by atoms with E-state index in [-0.39, 0.29) is 6.61 Å². The van der Waals surface area contributed by atoms with Crippen LogP contribution in [0.5, 0.6) is 0 Å². The zero-order chi connectivity index (χ0) is 14.5. The number of alkyl halides is 3. The Labute approximate surface area is 108 Å². The van der Waals surface area contributed by atoms with Crippen LogP contribution in [0.15, 0.2) is 5.16 Å². The Kier molecular flexibility index (Phi) is 5.39. The molecule has 0 aliphatic carbocycles. The minimum absolute atomic E-state index is 0.295. The Balaban J connectivity index is 2.69. The second kappa shape index (κ2) is 6.40. The topological polar surface area (TPSA) is 100 Å². The molecule has 0 aromatic carbocycles. The van der Waals surface area contributed by atoms with E-state index in [1.165, 1.54) is 0 Å². The van der Waals surface area contributed by atoms with Gasteiger partial charge in [-0.1, -0.05) is 5.16 Å². The van der Waals surface area contributed by atoms with E-state index in [4.69, 9.17) is 15.7 Å². The minimum atomic E-state index is -4.62. The van der Waals surface area contributed by atoms with Gasteiger partial charge in [0, 0.05) is 25.3 Å². The van der Waals surface area contributed by atoms with Gasteiger partial charge >= 0.3 is 6.18 Å². The number of hydrogen-bond acceptors (Lipinski definition) is 5. The molecule has 1 aliphatic rings. The summed E-state index contributed by atoms with van der Waals surface area (Å²) in [7, 11) is 0. The lowest BCUT2D eigenvalue weighted by Crippen LogP contribution is -2.56. The first-order valence-corrected chi connectivity index (χ1v) is 5.82. The maximum Gasteiger partial charge on any atom is 0.400 e. The van der Waals surface area contributed by atoms with Crippen molar-refractivity contribution >= 4 is 5.84 Å². The van der Waals surface area contributed by atoms with Gasteiger partial charge in [-0.25, -0.2) is 0 Å². The van der Waals surface area contributed by atoms with Crippen molar-refractivity contribution in [3.05, 3.63) is 0 Å². The summed E-state index contributed by atoms with van der Waals surface area (Å²) in [5.41, 5.74) is 4.25. The molecule has 1 rings (SSSR count). The van der Waals surface area contributed by atoms with Gasteiger partial charge in [0.1, 0.15) is 5.92 Å². The quantitative estimate of drug-likeness (QED) is 0.247. The molecule has 9 heteroatoms. The Morgan fingerprint density at radius 2 is 2.00 bits per heavy atom. The number of hydrogen-bond donors (Lipinski definition) is 4. The zero-order valence-corrected chi connectivity index (χ0v) is 10.3. The summed E-state index contributed by atoms with van der Waals surface area (Å²) >= 11 is 0. The predicted octanol–water partition coefficient (Wildman–Crippen LogP) is 0.0424. The van der Waals surface area contributed by atoms with Gasteiger partial charge in [-0.05, 0) is 12.8 Å². The summed E-state index contributed by atoms with van der Waals surface area (Å²) in [5.74, 6) is -3.00. The van der Waals surface area contributed by atoms with Crippen LogP contribution in [-0.4, -0.2) is 54.2 Å². The molecule has 0 radical (unpaired) electrons. The van der Waals surface area contributed by atoms with Gasteiger partial charge in [0.15, 0.2) is 5.84 Å². The first kappa shape index (κ1) is 16.0. The van der Waals surface area contributed by atoms with Crippen LogP contribution in [0.4, 0.5) is 13.2 Å². The number of halogens is 3. The standard InChI is InChI=1S/C10H18F3N3O3/c11-10(12,13)7(8(14)16-18)5-15-9(6-17)1-3-19-4-2-9/h7,15,17-18H,1-6H2,(H2,14,16). The predicted molar refractivity (Wildman–Crippen MR) is 60.8 cm³/mol. The van der Waals surface area contributed by atoms with Gasteiger partial charge in [-0.15, -0.1) is 0 Å². The third kappa shape index (κ3) is 4.22. The maximum absolute atomic E-state index is 12.7. The normalized spacial score (nSPS) is 22.2. The van der Waals surface area contributed by atoms with Crippen molar-refractivity contribution < 1.29 is 28.2 Å². The summed E-state index contributed by atoms with van der Waals surface area (Å²) in [6.07, 6.45) is -3.81. The molecule has 0 amide bonds. The van der Waals surface area contributed by atoms with E-state index < -0.39 is 30.0 Å². The van der Waals surface area contributed by atoms with Gasteiger partial charge < -0.3 is 26.1 Å². The van der Waals surface area contributed by atoms with Crippen LogP contribution < -0.4 is 11.1 Å². The minimum Gasteiger partial charge on any atom is -0.409 e. The van der Waals surface area contributed by atoms with E-state index in [1.807, 2.05) is 0 Å². The molecule has 1 aliphatic heterocycles. The number of amidine groups is 1. The maximum atomic E-state index is 12.7. The van der Waals surface area contributed by atoms with Crippen molar-refractivity contribution in [1.29, 1.82) is 0 Å². The summed E-state index contributed by atoms with van der Waals surface area (Å²) in [4.78, 5) is 0. The van der Waals surface area contributed by atoms with Gasteiger partial charge in [-0.3, -0.25) is 0 Å². The fourth-order valence-electron chi connectivity index (χ4n) is 1.93. The van der Waals surface area contributed by atoms with Crippen molar-refractivity contribution in [3.8, 4) is 0 Å².